The van der Waals surface area contributed by atoms with Crippen molar-refractivity contribution in [2.45, 2.75) is 17.9 Å². The van der Waals surface area contributed by atoms with Crippen LogP contribution in [-0.2, 0) is 6.54 Å². The maximum atomic E-state index is 8.63. The molecule has 1 aromatic carbocycles. The van der Waals surface area contributed by atoms with Crippen molar-refractivity contribution >= 4 is 23.4 Å². The maximum Gasteiger partial charge on any atom is 0.0462 e. The summed E-state index contributed by atoms with van der Waals surface area (Å²) >= 11 is 7.69. The van der Waals surface area contributed by atoms with Crippen molar-refractivity contribution in [3.05, 3.63) is 28.8 Å². The molecular formula is C10H14ClNOS. The number of thioether (sulfide) groups is 1. The number of hydrogen-bond donors (Lipinski definition) is 2. The Balaban J connectivity index is 2.57. The molecule has 0 spiro atoms. The highest BCUT2D eigenvalue weighted by atomic mass is 35.5. The van der Waals surface area contributed by atoms with Gasteiger partial charge >= 0.3 is 0 Å². The van der Waals surface area contributed by atoms with Gasteiger partial charge in [0.05, 0.1) is 0 Å². The van der Waals surface area contributed by atoms with Crippen molar-refractivity contribution in [3.8, 4) is 0 Å². The van der Waals surface area contributed by atoms with Crippen LogP contribution < -0.4 is 5.73 Å². The van der Waals surface area contributed by atoms with E-state index in [0.717, 1.165) is 27.7 Å². The van der Waals surface area contributed by atoms with E-state index in [4.69, 9.17) is 22.4 Å². The molecule has 0 radical (unpaired) electrons. The van der Waals surface area contributed by atoms with Gasteiger partial charge in [-0.05, 0) is 24.1 Å². The molecule has 4 heteroatoms. The minimum Gasteiger partial charge on any atom is -0.396 e. The van der Waals surface area contributed by atoms with Gasteiger partial charge in [-0.1, -0.05) is 17.7 Å². The van der Waals surface area contributed by atoms with E-state index < -0.39 is 0 Å². The van der Waals surface area contributed by atoms with Crippen LogP contribution in [0.4, 0.5) is 0 Å². The first-order valence-electron chi connectivity index (χ1n) is 4.50. The summed E-state index contributed by atoms with van der Waals surface area (Å²) < 4.78 is 0. The summed E-state index contributed by atoms with van der Waals surface area (Å²) in [4.78, 5) is 1.13. The molecule has 2 nitrogen and oxygen atoms in total. The van der Waals surface area contributed by atoms with E-state index in [0.29, 0.717) is 6.54 Å². The number of aliphatic hydroxyl groups excluding tert-OH is 1. The zero-order valence-corrected chi connectivity index (χ0v) is 9.44. The lowest BCUT2D eigenvalue weighted by Gasteiger charge is -2.04. The highest BCUT2D eigenvalue weighted by Gasteiger charge is 2.00. The first-order valence-corrected chi connectivity index (χ1v) is 5.86. The van der Waals surface area contributed by atoms with Crippen LogP contribution in [-0.4, -0.2) is 17.5 Å². The molecule has 0 amide bonds. The Kier molecular flexibility index (Phi) is 5.33. The first-order chi connectivity index (χ1) is 6.77. The summed E-state index contributed by atoms with van der Waals surface area (Å²) in [6, 6.07) is 5.88. The van der Waals surface area contributed by atoms with E-state index in [1.807, 2.05) is 18.2 Å². The zero-order chi connectivity index (χ0) is 10.4. The van der Waals surface area contributed by atoms with E-state index in [2.05, 4.69) is 0 Å². The Labute approximate surface area is 93.5 Å². The minimum absolute atomic E-state index is 0.238. The third kappa shape index (κ3) is 3.50. The molecular weight excluding hydrogens is 218 g/mol. The van der Waals surface area contributed by atoms with Gasteiger partial charge in [-0.15, -0.1) is 11.8 Å². The number of nitrogens with two attached hydrogens (primary N) is 1. The van der Waals surface area contributed by atoms with Crippen molar-refractivity contribution in [1.82, 2.24) is 0 Å². The molecule has 0 fully saturated rings. The molecule has 3 N–H and O–H groups in total. The number of halogens is 1. The van der Waals surface area contributed by atoms with Crippen LogP contribution in [0.15, 0.2) is 23.1 Å². The van der Waals surface area contributed by atoms with Crippen LogP contribution in [0.25, 0.3) is 0 Å². The van der Waals surface area contributed by atoms with E-state index in [1.165, 1.54) is 0 Å². The van der Waals surface area contributed by atoms with Gasteiger partial charge in [-0.2, -0.15) is 0 Å². The normalized spacial score (nSPS) is 10.5. The Bertz CT molecular complexity index is 293. The fourth-order valence-electron chi connectivity index (χ4n) is 1.04. The Morgan fingerprint density at radius 2 is 2.21 bits per heavy atom. The Hall–Kier alpha value is -0.220. The largest absolute Gasteiger partial charge is 0.396 e. The SMILES string of the molecule is NCc1ccc(SCCCO)cc1Cl. The Morgan fingerprint density at radius 1 is 1.43 bits per heavy atom. The smallest absolute Gasteiger partial charge is 0.0462 e. The van der Waals surface area contributed by atoms with Crippen LogP contribution in [0.1, 0.15) is 12.0 Å². The van der Waals surface area contributed by atoms with E-state index in [9.17, 15) is 0 Å². The van der Waals surface area contributed by atoms with Crippen molar-refractivity contribution < 1.29 is 5.11 Å². The second-order valence-corrected chi connectivity index (χ2v) is 4.46. The molecule has 78 valence electrons. The van der Waals surface area contributed by atoms with E-state index in [1.54, 1.807) is 11.8 Å². The fraction of sp³-hybridized carbons (Fsp3) is 0.400. The molecule has 0 aromatic heterocycles. The monoisotopic (exact) mass is 231 g/mol. The molecule has 1 rings (SSSR count). The maximum absolute atomic E-state index is 8.63. The fourth-order valence-corrected chi connectivity index (χ4v) is 2.23. The molecule has 14 heavy (non-hydrogen) atoms. The standard InChI is InChI=1S/C10H14ClNOS/c11-10-6-9(14-5-1-4-13)3-2-8(10)7-12/h2-3,6,13H,1,4-5,7,12H2. The van der Waals surface area contributed by atoms with Crippen LogP contribution in [0.2, 0.25) is 5.02 Å². The molecule has 0 aliphatic rings. The van der Waals surface area contributed by atoms with Crippen molar-refractivity contribution in [2.24, 2.45) is 5.73 Å². The molecule has 0 saturated carbocycles. The molecule has 0 bridgehead atoms. The lowest BCUT2D eigenvalue weighted by atomic mass is 10.2. The third-order valence-electron chi connectivity index (χ3n) is 1.82. The van der Waals surface area contributed by atoms with Gasteiger partial charge in [0.1, 0.15) is 0 Å². The van der Waals surface area contributed by atoms with Crippen LogP contribution >= 0.6 is 23.4 Å². The predicted molar refractivity (Wildman–Crippen MR) is 61.8 cm³/mol. The minimum atomic E-state index is 0.238. The van der Waals surface area contributed by atoms with Gasteiger partial charge in [0.15, 0.2) is 0 Å². The second-order valence-electron chi connectivity index (χ2n) is 2.88. The zero-order valence-electron chi connectivity index (χ0n) is 7.87. The van der Waals surface area contributed by atoms with E-state index in [-0.39, 0.29) is 6.61 Å². The van der Waals surface area contributed by atoms with Gasteiger partial charge in [-0.25, -0.2) is 0 Å². The van der Waals surface area contributed by atoms with Gasteiger partial charge < -0.3 is 10.8 Å². The van der Waals surface area contributed by atoms with Crippen LogP contribution in [0.3, 0.4) is 0 Å². The Morgan fingerprint density at radius 3 is 2.79 bits per heavy atom. The highest BCUT2D eigenvalue weighted by molar-refractivity contribution is 7.99. The van der Waals surface area contributed by atoms with E-state index >= 15 is 0 Å². The van der Waals surface area contributed by atoms with Gasteiger partial charge in [0.2, 0.25) is 0 Å². The van der Waals surface area contributed by atoms with Crippen molar-refractivity contribution in [1.29, 1.82) is 0 Å². The lowest BCUT2D eigenvalue weighted by Crippen LogP contribution is -1.96. The molecule has 0 aliphatic carbocycles. The first kappa shape index (κ1) is 11.9. The lowest BCUT2D eigenvalue weighted by molar-refractivity contribution is 0.296. The number of hydrogen-bond acceptors (Lipinski definition) is 3. The van der Waals surface area contributed by atoms with Gasteiger partial charge in [0, 0.05) is 28.8 Å². The van der Waals surface area contributed by atoms with Crippen molar-refractivity contribution in [3.63, 3.8) is 0 Å². The predicted octanol–water partition coefficient (Wildman–Crippen LogP) is 2.27. The third-order valence-corrected chi connectivity index (χ3v) is 3.25. The molecule has 0 aliphatic heterocycles. The highest BCUT2D eigenvalue weighted by Crippen LogP contribution is 2.25. The molecule has 0 saturated heterocycles. The average Bonchev–Trinajstić information content (AvgIpc) is 2.18. The molecule has 0 atom stereocenters. The summed E-state index contributed by atoms with van der Waals surface area (Å²) in [5.74, 6) is 0.912. The van der Waals surface area contributed by atoms with Crippen molar-refractivity contribution in [2.75, 3.05) is 12.4 Å². The molecule has 1 aromatic rings. The number of benzene rings is 1. The summed E-state index contributed by atoms with van der Waals surface area (Å²) in [6.45, 7) is 0.710. The summed E-state index contributed by atoms with van der Waals surface area (Å²) in [6.07, 6.45) is 0.806. The summed E-state index contributed by atoms with van der Waals surface area (Å²) in [7, 11) is 0. The number of aliphatic hydroxyl groups is 1. The summed E-state index contributed by atoms with van der Waals surface area (Å²) in [5, 5.41) is 9.35. The van der Waals surface area contributed by atoms with Gasteiger partial charge in [-0.3, -0.25) is 0 Å². The molecule has 0 unspecified atom stereocenters. The quantitative estimate of drug-likeness (QED) is 0.604. The molecule has 0 heterocycles. The average molecular weight is 232 g/mol. The topological polar surface area (TPSA) is 46.2 Å². The van der Waals surface area contributed by atoms with Crippen LogP contribution in [0.5, 0.6) is 0 Å². The van der Waals surface area contributed by atoms with Crippen LogP contribution in [0, 0.1) is 0 Å². The van der Waals surface area contributed by atoms with Gasteiger partial charge in [0.25, 0.3) is 0 Å². The summed E-state index contributed by atoms with van der Waals surface area (Å²) in [5.41, 5.74) is 6.47. The number of rotatable bonds is 5. The second kappa shape index (κ2) is 6.30.